The Balaban J connectivity index is 2.72. The van der Waals surface area contributed by atoms with Crippen molar-refractivity contribution in [1.82, 2.24) is 0 Å². The van der Waals surface area contributed by atoms with Gasteiger partial charge in [-0.25, -0.2) is 8.42 Å². The number of carbonyl (C=O) groups is 1. The first-order valence-electron chi connectivity index (χ1n) is 4.61. The molecule has 0 unspecified atom stereocenters. The number of carbonyl (C=O) groups excluding carboxylic acids is 1. The molecule has 0 saturated heterocycles. The van der Waals surface area contributed by atoms with Gasteiger partial charge in [0.1, 0.15) is 5.75 Å². The van der Waals surface area contributed by atoms with E-state index in [1.807, 2.05) is 0 Å². The zero-order valence-corrected chi connectivity index (χ0v) is 9.60. The van der Waals surface area contributed by atoms with Crippen LogP contribution in [0.15, 0.2) is 23.1 Å². The molecule has 0 radical (unpaired) electrons. The van der Waals surface area contributed by atoms with Crippen molar-refractivity contribution in [3.63, 3.8) is 0 Å². The lowest BCUT2D eigenvalue weighted by Gasteiger charge is -2.24. The second kappa shape index (κ2) is 3.52. The van der Waals surface area contributed by atoms with Crippen LogP contribution in [-0.4, -0.2) is 32.0 Å². The van der Waals surface area contributed by atoms with Crippen molar-refractivity contribution in [2.75, 3.05) is 17.7 Å². The van der Waals surface area contributed by atoms with Crippen molar-refractivity contribution in [1.29, 1.82) is 0 Å². The third-order valence-corrected chi connectivity index (χ3v) is 4.16. The smallest absolute Gasteiger partial charge is 0.270 e. The number of hydrogen-bond acceptors (Lipinski definition) is 5. The molecule has 8 heteroatoms. The van der Waals surface area contributed by atoms with E-state index < -0.39 is 26.4 Å². The number of nitro groups is 1. The largest absolute Gasteiger partial charge is 0.313 e. The zero-order chi connectivity index (χ0) is 12.8. The van der Waals surface area contributed by atoms with Crippen LogP contribution in [0.1, 0.15) is 0 Å². The summed E-state index contributed by atoms with van der Waals surface area (Å²) in [5.74, 6) is -1.20. The Morgan fingerprint density at radius 2 is 2.06 bits per heavy atom. The lowest BCUT2D eigenvalue weighted by atomic mass is 10.2. The summed E-state index contributed by atoms with van der Waals surface area (Å²) >= 11 is 0. The van der Waals surface area contributed by atoms with Gasteiger partial charge in [0.2, 0.25) is 5.91 Å². The Morgan fingerprint density at radius 1 is 1.41 bits per heavy atom. The molecule has 0 atom stereocenters. The Bertz CT molecular complexity index is 622. The molecule has 1 aromatic rings. The van der Waals surface area contributed by atoms with Crippen LogP contribution in [0.25, 0.3) is 0 Å². The second-order valence-corrected chi connectivity index (χ2v) is 5.58. The number of benzene rings is 1. The molecular formula is C9H8N2O5S. The van der Waals surface area contributed by atoms with Crippen molar-refractivity contribution in [3.05, 3.63) is 28.3 Å². The van der Waals surface area contributed by atoms with Crippen LogP contribution >= 0.6 is 0 Å². The van der Waals surface area contributed by atoms with E-state index in [2.05, 4.69) is 0 Å². The maximum atomic E-state index is 11.7. The summed E-state index contributed by atoms with van der Waals surface area (Å²) in [5.41, 5.74) is -0.137. The Kier molecular flexibility index (Phi) is 2.39. The highest BCUT2D eigenvalue weighted by Gasteiger charge is 2.33. The van der Waals surface area contributed by atoms with Crippen LogP contribution < -0.4 is 4.90 Å². The van der Waals surface area contributed by atoms with Crippen LogP contribution in [0.3, 0.4) is 0 Å². The summed E-state index contributed by atoms with van der Waals surface area (Å²) < 4.78 is 23.5. The standard InChI is InChI=1S/C9H8N2O5S/c1-10-7-3-2-6(11(13)14)4-8(7)17(15,16)5-9(10)12/h2-4H,5H2,1H3. The first kappa shape index (κ1) is 11.5. The molecular weight excluding hydrogens is 248 g/mol. The lowest BCUT2D eigenvalue weighted by Crippen LogP contribution is -2.37. The number of nitrogens with zero attached hydrogens (tertiary/aromatic N) is 2. The summed E-state index contributed by atoms with van der Waals surface area (Å²) in [7, 11) is -2.34. The lowest BCUT2D eigenvalue weighted by molar-refractivity contribution is -0.385. The number of fused-ring (bicyclic) bond motifs is 1. The highest BCUT2D eigenvalue weighted by Crippen LogP contribution is 2.32. The van der Waals surface area contributed by atoms with E-state index in [1.54, 1.807) is 0 Å². The van der Waals surface area contributed by atoms with Gasteiger partial charge >= 0.3 is 0 Å². The van der Waals surface area contributed by atoms with Crippen molar-refractivity contribution in [3.8, 4) is 0 Å². The van der Waals surface area contributed by atoms with Crippen molar-refractivity contribution < 1.29 is 18.1 Å². The SMILES string of the molecule is CN1C(=O)CS(=O)(=O)c2cc([N+](=O)[O-])ccc21. The van der Waals surface area contributed by atoms with Gasteiger partial charge in [-0.2, -0.15) is 0 Å². The third kappa shape index (κ3) is 1.76. The van der Waals surface area contributed by atoms with Gasteiger partial charge in [-0.15, -0.1) is 0 Å². The zero-order valence-electron chi connectivity index (χ0n) is 8.78. The Hall–Kier alpha value is -1.96. The molecule has 0 aromatic heterocycles. The predicted molar refractivity (Wildman–Crippen MR) is 58.6 cm³/mol. The molecule has 0 bridgehead atoms. The number of nitro benzene ring substituents is 1. The first-order valence-corrected chi connectivity index (χ1v) is 6.26. The average Bonchev–Trinajstić information content (AvgIpc) is 2.25. The number of hydrogen-bond donors (Lipinski definition) is 0. The molecule has 0 aliphatic carbocycles. The fourth-order valence-electron chi connectivity index (χ4n) is 1.61. The van der Waals surface area contributed by atoms with Crippen molar-refractivity contribution >= 4 is 27.1 Å². The van der Waals surface area contributed by atoms with Crippen LogP contribution in [0.5, 0.6) is 0 Å². The van der Waals surface area contributed by atoms with E-state index in [1.165, 1.54) is 24.1 Å². The molecule has 17 heavy (non-hydrogen) atoms. The summed E-state index contributed by atoms with van der Waals surface area (Å²) in [6.07, 6.45) is 0. The molecule has 0 saturated carbocycles. The number of rotatable bonds is 1. The van der Waals surface area contributed by atoms with Gasteiger partial charge in [-0.1, -0.05) is 0 Å². The van der Waals surface area contributed by atoms with Gasteiger partial charge in [0.15, 0.2) is 9.84 Å². The van der Waals surface area contributed by atoms with E-state index in [-0.39, 0.29) is 16.3 Å². The van der Waals surface area contributed by atoms with Crippen LogP contribution in [0, 0.1) is 10.1 Å². The molecule has 1 heterocycles. The van der Waals surface area contributed by atoms with Gasteiger partial charge in [0.25, 0.3) is 5.69 Å². The predicted octanol–water partition coefficient (Wildman–Crippen LogP) is 0.345. The highest BCUT2D eigenvalue weighted by atomic mass is 32.2. The van der Waals surface area contributed by atoms with Crippen LogP contribution in [0.4, 0.5) is 11.4 Å². The minimum Gasteiger partial charge on any atom is -0.313 e. The van der Waals surface area contributed by atoms with Crippen molar-refractivity contribution in [2.45, 2.75) is 4.90 Å². The molecule has 2 rings (SSSR count). The van der Waals surface area contributed by atoms with Gasteiger partial charge < -0.3 is 4.90 Å². The molecule has 0 N–H and O–H groups in total. The molecule has 0 spiro atoms. The molecule has 1 aromatic carbocycles. The quantitative estimate of drug-likeness (QED) is 0.533. The van der Waals surface area contributed by atoms with Gasteiger partial charge in [0, 0.05) is 19.2 Å². The molecule has 1 aliphatic heterocycles. The van der Waals surface area contributed by atoms with E-state index in [0.717, 1.165) is 6.07 Å². The molecule has 0 fully saturated rings. The monoisotopic (exact) mass is 256 g/mol. The summed E-state index contributed by atoms with van der Waals surface area (Å²) in [5, 5.41) is 10.6. The molecule has 90 valence electrons. The number of anilines is 1. The van der Waals surface area contributed by atoms with Gasteiger partial charge in [-0.05, 0) is 6.07 Å². The summed E-state index contributed by atoms with van der Waals surface area (Å²) in [4.78, 5) is 22.3. The maximum absolute atomic E-state index is 11.7. The molecule has 1 amide bonds. The Morgan fingerprint density at radius 3 is 2.65 bits per heavy atom. The van der Waals surface area contributed by atoms with E-state index in [4.69, 9.17) is 0 Å². The summed E-state index contributed by atoms with van der Waals surface area (Å²) in [6, 6.07) is 3.42. The first-order chi connectivity index (χ1) is 7.83. The van der Waals surface area contributed by atoms with Gasteiger partial charge in [-0.3, -0.25) is 14.9 Å². The number of sulfone groups is 1. The fourth-order valence-corrected chi connectivity index (χ4v) is 3.11. The topological polar surface area (TPSA) is 97.6 Å². The van der Waals surface area contributed by atoms with E-state index in [9.17, 15) is 23.3 Å². The normalized spacial score (nSPS) is 17.7. The van der Waals surface area contributed by atoms with Crippen molar-refractivity contribution in [2.24, 2.45) is 0 Å². The minimum absolute atomic E-state index is 0.172. The Labute approximate surface area is 96.7 Å². The second-order valence-electron chi connectivity index (χ2n) is 3.62. The number of amides is 1. The van der Waals surface area contributed by atoms with E-state index in [0.29, 0.717) is 0 Å². The van der Waals surface area contributed by atoms with Crippen LogP contribution in [0.2, 0.25) is 0 Å². The minimum atomic E-state index is -3.78. The molecule has 1 aliphatic rings. The maximum Gasteiger partial charge on any atom is 0.270 e. The van der Waals surface area contributed by atoms with Crippen LogP contribution in [-0.2, 0) is 14.6 Å². The third-order valence-electron chi connectivity index (χ3n) is 2.54. The summed E-state index contributed by atoms with van der Waals surface area (Å²) in [6.45, 7) is 0. The highest BCUT2D eigenvalue weighted by molar-refractivity contribution is 7.92. The van der Waals surface area contributed by atoms with E-state index >= 15 is 0 Å². The van der Waals surface area contributed by atoms with Gasteiger partial charge in [0.05, 0.1) is 15.5 Å². The molecule has 7 nitrogen and oxygen atoms in total. The fraction of sp³-hybridized carbons (Fsp3) is 0.222. The average molecular weight is 256 g/mol. The number of non-ortho nitro benzene ring substituents is 1.